The highest BCUT2D eigenvalue weighted by Crippen LogP contribution is 2.36. The van der Waals surface area contributed by atoms with E-state index in [1.807, 2.05) is 0 Å². The average molecular weight is 412 g/mol. The van der Waals surface area contributed by atoms with E-state index in [2.05, 4.69) is 4.74 Å². The number of hydrogen-bond donors (Lipinski definition) is 0. The standard InChI is InChI=1S/C15H18F2O2.C7H6F2O/c16-13-5-11(6-14(17)7-13)15-18-8-12(9-19-15)10-3-1-2-4-10;1-10-7-3-5(8)2-6(9)4-7/h5-7,10,12,15H,1-4,8-9H2;2-4H,1H3. The largest absolute Gasteiger partial charge is 0.497 e. The van der Waals surface area contributed by atoms with Crippen molar-refractivity contribution in [2.75, 3.05) is 20.3 Å². The lowest BCUT2D eigenvalue weighted by Gasteiger charge is -2.32. The number of ether oxygens (including phenoxy) is 3. The van der Waals surface area contributed by atoms with E-state index in [-0.39, 0.29) is 5.75 Å². The monoisotopic (exact) mass is 412 g/mol. The van der Waals surface area contributed by atoms with E-state index >= 15 is 0 Å². The minimum atomic E-state index is -0.636. The average Bonchev–Trinajstić information content (AvgIpc) is 3.22. The Morgan fingerprint density at radius 3 is 1.69 bits per heavy atom. The van der Waals surface area contributed by atoms with Crippen LogP contribution >= 0.6 is 0 Å². The van der Waals surface area contributed by atoms with Crippen LogP contribution in [0, 0.1) is 35.1 Å². The maximum absolute atomic E-state index is 13.2. The molecule has 158 valence electrons. The summed E-state index contributed by atoms with van der Waals surface area (Å²) in [5.41, 5.74) is 0.419. The van der Waals surface area contributed by atoms with Crippen molar-refractivity contribution in [1.29, 1.82) is 0 Å². The molecule has 0 N–H and O–H groups in total. The van der Waals surface area contributed by atoms with Crippen molar-refractivity contribution in [3.05, 3.63) is 65.2 Å². The highest BCUT2D eigenvalue weighted by molar-refractivity contribution is 5.23. The molecule has 0 atom stereocenters. The van der Waals surface area contributed by atoms with E-state index in [1.54, 1.807) is 0 Å². The topological polar surface area (TPSA) is 27.7 Å². The van der Waals surface area contributed by atoms with Crippen LogP contribution in [0.3, 0.4) is 0 Å². The molecule has 0 unspecified atom stereocenters. The first kappa shape index (κ1) is 21.6. The Hall–Kier alpha value is -2.12. The van der Waals surface area contributed by atoms with Crippen molar-refractivity contribution < 1.29 is 31.8 Å². The van der Waals surface area contributed by atoms with Gasteiger partial charge in [-0.3, -0.25) is 0 Å². The number of benzene rings is 2. The third-order valence-electron chi connectivity index (χ3n) is 5.22. The SMILES string of the molecule is COc1cc(F)cc(F)c1.Fc1cc(F)cc(C2OCC(C3CCCC3)CO2)c1. The van der Waals surface area contributed by atoms with Crippen molar-refractivity contribution in [2.24, 2.45) is 11.8 Å². The summed E-state index contributed by atoms with van der Waals surface area (Å²) >= 11 is 0. The number of halogens is 4. The maximum atomic E-state index is 13.2. The fourth-order valence-corrected chi connectivity index (χ4v) is 3.77. The van der Waals surface area contributed by atoms with Crippen molar-refractivity contribution in [3.8, 4) is 5.75 Å². The zero-order valence-electron chi connectivity index (χ0n) is 16.2. The third kappa shape index (κ3) is 6.18. The normalized spacial score (nSPS) is 22.1. The Kier molecular flexibility index (Phi) is 7.50. The van der Waals surface area contributed by atoms with Crippen LogP contribution in [0.4, 0.5) is 17.6 Å². The Balaban J connectivity index is 0.000000204. The second kappa shape index (κ2) is 10.1. The lowest BCUT2D eigenvalue weighted by Crippen LogP contribution is -2.31. The summed E-state index contributed by atoms with van der Waals surface area (Å²) in [4.78, 5) is 0. The van der Waals surface area contributed by atoms with Gasteiger partial charge in [-0.05, 0) is 18.1 Å². The maximum Gasteiger partial charge on any atom is 0.184 e. The Morgan fingerprint density at radius 2 is 1.21 bits per heavy atom. The van der Waals surface area contributed by atoms with Gasteiger partial charge in [-0.25, -0.2) is 17.6 Å². The lowest BCUT2D eigenvalue weighted by atomic mass is 9.92. The molecule has 1 aliphatic heterocycles. The highest BCUT2D eigenvalue weighted by Gasteiger charge is 2.31. The second-order valence-corrected chi connectivity index (χ2v) is 7.32. The van der Waals surface area contributed by atoms with Gasteiger partial charge in [-0.15, -0.1) is 0 Å². The molecule has 4 rings (SSSR count). The van der Waals surface area contributed by atoms with Gasteiger partial charge in [0.05, 0.1) is 20.3 Å². The van der Waals surface area contributed by atoms with Gasteiger partial charge in [0.1, 0.15) is 29.0 Å². The highest BCUT2D eigenvalue weighted by atomic mass is 19.1. The van der Waals surface area contributed by atoms with Gasteiger partial charge in [0.25, 0.3) is 0 Å². The van der Waals surface area contributed by atoms with Crippen LogP contribution in [0.15, 0.2) is 36.4 Å². The van der Waals surface area contributed by atoms with E-state index < -0.39 is 29.6 Å². The molecule has 2 fully saturated rings. The molecule has 0 bridgehead atoms. The van der Waals surface area contributed by atoms with Gasteiger partial charge < -0.3 is 14.2 Å². The fourth-order valence-electron chi connectivity index (χ4n) is 3.77. The van der Waals surface area contributed by atoms with E-state index in [1.165, 1.54) is 44.9 Å². The zero-order valence-corrected chi connectivity index (χ0v) is 16.2. The Bertz CT molecular complexity index is 760. The van der Waals surface area contributed by atoms with Crippen LogP contribution in [0.5, 0.6) is 5.75 Å². The molecule has 0 radical (unpaired) electrons. The van der Waals surface area contributed by atoms with E-state index in [4.69, 9.17) is 9.47 Å². The molecule has 1 saturated carbocycles. The number of rotatable bonds is 3. The first-order valence-corrected chi connectivity index (χ1v) is 9.64. The molecule has 29 heavy (non-hydrogen) atoms. The quantitative estimate of drug-likeness (QED) is 0.597. The van der Waals surface area contributed by atoms with Crippen LogP contribution in [0.1, 0.15) is 37.5 Å². The van der Waals surface area contributed by atoms with Gasteiger partial charge in [0.2, 0.25) is 0 Å². The summed E-state index contributed by atoms with van der Waals surface area (Å²) in [5.74, 6) is -1.14. The molecule has 1 heterocycles. The Morgan fingerprint density at radius 1 is 0.724 bits per heavy atom. The minimum Gasteiger partial charge on any atom is -0.497 e. The van der Waals surface area contributed by atoms with Crippen molar-refractivity contribution in [2.45, 2.75) is 32.0 Å². The molecular formula is C22H24F4O3. The van der Waals surface area contributed by atoms with E-state index in [0.717, 1.165) is 24.3 Å². The molecule has 2 aromatic carbocycles. The van der Waals surface area contributed by atoms with Crippen LogP contribution < -0.4 is 4.74 Å². The molecule has 3 nitrogen and oxygen atoms in total. The summed E-state index contributed by atoms with van der Waals surface area (Å²) in [7, 11) is 1.36. The van der Waals surface area contributed by atoms with Gasteiger partial charge in [-0.1, -0.05) is 25.7 Å². The summed E-state index contributed by atoms with van der Waals surface area (Å²) < 4.78 is 66.8. The fraction of sp³-hybridized carbons (Fsp3) is 0.455. The van der Waals surface area contributed by atoms with Gasteiger partial charge >= 0.3 is 0 Å². The smallest absolute Gasteiger partial charge is 0.184 e. The van der Waals surface area contributed by atoms with Gasteiger partial charge in [0.15, 0.2) is 6.29 Å². The predicted molar refractivity (Wildman–Crippen MR) is 99.4 cm³/mol. The number of methoxy groups -OCH3 is 1. The first-order valence-electron chi connectivity index (χ1n) is 9.64. The summed E-state index contributed by atoms with van der Waals surface area (Å²) in [5, 5.41) is 0. The lowest BCUT2D eigenvalue weighted by molar-refractivity contribution is -0.212. The summed E-state index contributed by atoms with van der Waals surface area (Å²) in [6, 6.07) is 6.41. The molecule has 7 heteroatoms. The molecule has 1 aliphatic carbocycles. The van der Waals surface area contributed by atoms with Gasteiger partial charge in [0, 0.05) is 35.7 Å². The van der Waals surface area contributed by atoms with Crippen molar-refractivity contribution in [3.63, 3.8) is 0 Å². The predicted octanol–water partition coefficient (Wildman–Crippen LogP) is 5.79. The molecule has 0 aromatic heterocycles. The van der Waals surface area contributed by atoms with Crippen LogP contribution in [-0.2, 0) is 9.47 Å². The third-order valence-corrected chi connectivity index (χ3v) is 5.22. The summed E-state index contributed by atoms with van der Waals surface area (Å²) in [6.45, 7) is 1.24. The van der Waals surface area contributed by atoms with E-state index in [0.29, 0.717) is 30.6 Å². The first-order chi connectivity index (χ1) is 13.9. The molecule has 2 aromatic rings. The van der Waals surface area contributed by atoms with Crippen molar-refractivity contribution >= 4 is 0 Å². The molecular weight excluding hydrogens is 388 g/mol. The zero-order chi connectivity index (χ0) is 20.8. The molecule has 2 aliphatic rings. The Labute approximate surface area is 167 Å². The van der Waals surface area contributed by atoms with Crippen LogP contribution in [0.25, 0.3) is 0 Å². The van der Waals surface area contributed by atoms with Gasteiger partial charge in [-0.2, -0.15) is 0 Å². The number of hydrogen-bond acceptors (Lipinski definition) is 3. The minimum absolute atomic E-state index is 0.192. The molecule has 0 spiro atoms. The van der Waals surface area contributed by atoms with Crippen LogP contribution in [0.2, 0.25) is 0 Å². The molecule has 0 amide bonds. The summed E-state index contributed by atoms with van der Waals surface area (Å²) in [6.07, 6.45) is 4.44. The van der Waals surface area contributed by atoms with E-state index in [9.17, 15) is 17.6 Å². The second-order valence-electron chi connectivity index (χ2n) is 7.32. The van der Waals surface area contributed by atoms with Crippen LogP contribution in [-0.4, -0.2) is 20.3 Å². The molecule has 1 saturated heterocycles. The van der Waals surface area contributed by atoms with Crippen molar-refractivity contribution in [1.82, 2.24) is 0 Å².